The lowest BCUT2D eigenvalue weighted by atomic mass is 10.1. The van der Waals surface area contributed by atoms with Gasteiger partial charge in [-0.1, -0.05) is 35.5 Å². The quantitative estimate of drug-likeness (QED) is 0.848. The van der Waals surface area contributed by atoms with Gasteiger partial charge in [0.05, 0.1) is 0 Å². The fourth-order valence-corrected chi connectivity index (χ4v) is 2.57. The number of rotatable bonds is 3. The maximum atomic E-state index is 5.40. The highest BCUT2D eigenvalue weighted by molar-refractivity contribution is 5.53. The second-order valence-electron chi connectivity index (χ2n) is 5.48. The van der Waals surface area contributed by atoms with Crippen LogP contribution in [0.3, 0.4) is 0 Å². The molecule has 1 aromatic carbocycles. The summed E-state index contributed by atoms with van der Waals surface area (Å²) >= 11 is 0. The van der Waals surface area contributed by atoms with E-state index in [9.17, 15) is 0 Å². The summed E-state index contributed by atoms with van der Waals surface area (Å²) in [6.07, 6.45) is 0.806. The van der Waals surface area contributed by atoms with Crippen LogP contribution in [0.2, 0.25) is 0 Å². The summed E-state index contributed by atoms with van der Waals surface area (Å²) in [7, 11) is 4.31. The fourth-order valence-electron chi connectivity index (χ4n) is 2.57. The van der Waals surface area contributed by atoms with E-state index in [0.717, 1.165) is 37.5 Å². The van der Waals surface area contributed by atoms with Crippen molar-refractivity contribution in [2.75, 3.05) is 33.7 Å². The lowest BCUT2D eigenvalue weighted by Gasteiger charge is -2.37. The van der Waals surface area contributed by atoms with Crippen molar-refractivity contribution in [2.24, 2.45) is 0 Å². The van der Waals surface area contributed by atoms with Crippen LogP contribution in [0.5, 0.6) is 0 Å². The Labute approximate surface area is 119 Å². The Balaban J connectivity index is 1.71. The second kappa shape index (κ2) is 5.73. The van der Waals surface area contributed by atoms with Gasteiger partial charge in [-0.05, 0) is 14.1 Å². The molecule has 1 atom stereocenters. The summed E-state index contributed by atoms with van der Waals surface area (Å²) < 4.78 is 5.40. The second-order valence-corrected chi connectivity index (χ2v) is 5.48. The van der Waals surface area contributed by atoms with Gasteiger partial charge in [0.15, 0.2) is 0 Å². The molecule has 2 aromatic rings. The molecule has 1 aliphatic heterocycles. The number of piperazine rings is 1. The smallest absolute Gasteiger partial charge is 0.228 e. The van der Waals surface area contributed by atoms with Gasteiger partial charge >= 0.3 is 0 Å². The summed E-state index contributed by atoms with van der Waals surface area (Å²) in [5, 5.41) is 4.08. The molecule has 0 spiro atoms. The molecular weight excluding hydrogens is 252 g/mol. The predicted octanol–water partition coefficient (Wildman–Crippen LogP) is 1.52. The fraction of sp³-hybridized carbons (Fsp3) is 0.467. The number of aromatic nitrogens is 2. The molecule has 1 aliphatic rings. The van der Waals surface area contributed by atoms with Crippen molar-refractivity contribution in [3.63, 3.8) is 0 Å². The Morgan fingerprint density at radius 2 is 2.00 bits per heavy atom. The van der Waals surface area contributed by atoms with Crippen LogP contribution in [0, 0.1) is 0 Å². The van der Waals surface area contributed by atoms with Crippen LogP contribution in [0.15, 0.2) is 34.9 Å². The topological polar surface area (TPSA) is 45.4 Å². The van der Waals surface area contributed by atoms with Crippen molar-refractivity contribution in [1.29, 1.82) is 0 Å². The SMILES string of the molecule is CN1CCN(C)C(Cc2nc(-c3ccccc3)no2)C1. The molecule has 0 N–H and O–H groups in total. The third-order valence-corrected chi connectivity index (χ3v) is 3.89. The van der Waals surface area contributed by atoms with Crippen molar-refractivity contribution in [3.8, 4) is 11.4 Å². The molecule has 3 rings (SSSR count). The van der Waals surface area contributed by atoms with Crippen LogP contribution in [0.25, 0.3) is 11.4 Å². The van der Waals surface area contributed by atoms with Gasteiger partial charge < -0.3 is 14.3 Å². The number of nitrogens with zero attached hydrogens (tertiary/aromatic N) is 4. The largest absolute Gasteiger partial charge is 0.339 e. The minimum Gasteiger partial charge on any atom is -0.339 e. The summed E-state index contributed by atoms with van der Waals surface area (Å²) in [5.41, 5.74) is 0.997. The Morgan fingerprint density at radius 1 is 1.20 bits per heavy atom. The zero-order chi connectivity index (χ0) is 13.9. The monoisotopic (exact) mass is 272 g/mol. The third kappa shape index (κ3) is 2.89. The first-order valence-electron chi connectivity index (χ1n) is 6.99. The van der Waals surface area contributed by atoms with E-state index in [-0.39, 0.29) is 0 Å². The van der Waals surface area contributed by atoms with E-state index in [1.54, 1.807) is 0 Å². The lowest BCUT2D eigenvalue weighted by Crippen LogP contribution is -2.50. The van der Waals surface area contributed by atoms with Crippen LogP contribution in [-0.4, -0.2) is 59.7 Å². The normalized spacial score (nSPS) is 21.2. The van der Waals surface area contributed by atoms with E-state index in [1.807, 2.05) is 30.3 Å². The average molecular weight is 272 g/mol. The molecule has 1 fully saturated rings. The Morgan fingerprint density at radius 3 is 2.80 bits per heavy atom. The van der Waals surface area contributed by atoms with Crippen LogP contribution in [0.1, 0.15) is 5.89 Å². The van der Waals surface area contributed by atoms with Crippen molar-refractivity contribution in [1.82, 2.24) is 19.9 Å². The molecule has 2 heterocycles. The van der Waals surface area contributed by atoms with Crippen molar-refractivity contribution >= 4 is 0 Å². The maximum Gasteiger partial charge on any atom is 0.228 e. The van der Waals surface area contributed by atoms with E-state index in [2.05, 4.69) is 34.0 Å². The van der Waals surface area contributed by atoms with E-state index < -0.39 is 0 Å². The van der Waals surface area contributed by atoms with Gasteiger partial charge in [0.25, 0.3) is 0 Å². The van der Waals surface area contributed by atoms with E-state index in [1.165, 1.54) is 0 Å². The summed E-state index contributed by atoms with van der Waals surface area (Å²) in [6.45, 7) is 3.24. The lowest BCUT2D eigenvalue weighted by molar-refractivity contribution is 0.108. The first-order chi connectivity index (χ1) is 9.72. The highest BCUT2D eigenvalue weighted by Crippen LogP contribution is 2.17. The summed E-state index contributed by atoms with van der Waals surface area (Å²) in [4.78, 5) is 9.22. The average Bonchev–Trinajstić information content (AvgIpc) is 2.92. The zero-order valence-corrected chi connectivity index (χ0v) is 12.0. The standard InChI is InChI=1S/C15H20N4O/c1-18-8-9-19(2)13(11-18)10-14-16-15(17-20-14)12-6-4-3-5-7-12/h3-7,13H,8-11H2,1-2H3. The minimum atomic E-state index is 0.442. The van der Waals surface area contributed by atoms with Crippen LogP contribution in [0.4, 0.5) is 0 Å². The van der Waals surface area contributed by atoms with Gasteiger partial charge in [0.2, 0.25) is 11.7 Å². The van der Waals surface area contributed by atoms with Crippen molar-refractivity contribution < 1.29 is 4.52 Å². The van der Waals surface area contributed by atoms with Gasteiger partial charge in [-0.2, -0.15) is 4.98 Å². The summed E-state index contributed by atoms with van der Waals surface area (Å²) in [6, 6.07) is 10.4. The number of likely N-dealkylation sites (N-methyl/N-ethyl adjacent to an activating group) is 2. The molecule has 1 saturated heterocycles. The molecule has 5 nitrogen and oxygen atoms in total. The van der Waals surface area contributed by atoms with E-state index in [4.69, 9.17) is 4.52 Å². The molecule has 0 amide bonds. The van der Waals surface area contributed by atoms with Crippen LogP contribution in [-0.2, 0) is 6.42 Å². The first-order valence-corrected chi connectivity index (χ1v) is 6.99. The maximum absolute atomic E-state index is 5.40. The molecule has 1 aromatic heterocycles. The third-order valence-electron chi connectivity index (χ3n) is 3.89. The molecule has 0 radical (unpaired) electrons. The molecule has 20 heavy (non-hydrogen) atoms. The predicted molar refractivity (Wildman–Crippen MR) is 77.4 cm³/mol. The van der Waals surface area contributed by atoms with Crippen LogP contribution >= 0.6 is 0 Å². The Bertz CT molecular complexity index is 554. The highest BCUT2D eigenvalue weighted by Gasteiger charge is 2.24. The van der Waals surface area contributed by atoms with Gasteiger partial charge in [-0.3, -0.25) is 0 Å². The van der Waals surface area contributed by atoms with Gasteiger partial charge in [-0.15, -0.1) is 0 Å². The molecule has 106 valence electrons. The Hall–Kier alpha value is -1.72. The van der Waals surface area contributed by atoms with Gasteiger partial charge in [0.1, 0.15) is 0 Å². The zero-order valence-electron chi connectivity index (χ0n) is 12.0. The molecule has 0 bridgehead atoms. The number of hydrogen-bond donors (Lipinski definition) is 0. The molecule has 5 heteroatoms. The molecule has 0 aliphatic carbocycles. The van der Waals surface area contributed by atoms with E-state index in [0.29, 0.717) is 11.9 Å². The molecular formula is C15H20N4O. The molecule has 0 saturated carbocycles. The van der Waals surface area contributed by atoms with Crippen molar-refractivity contribution in [2.45, 2.75) is 12.5 Å². The summed E-state index contributed by atoms with van der Waals surface area (Å²) in [5.74, 6) is 1.39. The highest BCUT2D eigenvalue weighted by atomic mass is 16.5. The van der Waals surface area contributed by atoms with Crippen LogP contribution < -0.4 is 0 Å². The number of benzene rings is 1. The van der Waals surface area contributed by atoms with Gasteiger partial charge in [0, 0.05) is 37.7 Å². The minimum absolute atomic E-state index is 0.442. The molecule has 1 unspecified atom stereocenters. The number of hydrogen-bond acceptors (Lipinski definition) is 5. The Kier molecular flexibility index (Phi) is 3.80. The first kappa shape index (κ1) is 13.3. The van der Waals surface area contributed by atoms with E-state index >= 15 is 0 Å². The van der Waals surface area contributed by atoms with Crippen molar-refractivity contribution in [3.05, 3.63) is 36.2 Å². The van der Waals surface area contributed by atoms with Gasteiger partial charge in [-0.25, -0.2) is 0 Å².